The smallest absolute Gasteiger partial charge is 0.264 e. The molecule has 0 radical (unpaired) electrons. The molecule has 1 saturated carbocycles. The summed E-state index contributed by atoms with van der Waals surface area (Å²) >= 11 is 6.02. The molecular weight excluding hydrogens is 558 g/mol. The number of hydrogen-bond acceptors (Lipinski definition) is 4. The van der Waals surface area contributed by atoms with Gasteiger partial charge in [-0.2, -0.15) is 0 Å². The van der Waals surface area contributed by atoms with Gasteiger partial charge in [-0.15, -0.1) is 0 Å². The fourth-order valence-corrected chi connectivity index (χ4v) is 6.56. The first kappa shape index (κ1) is 30.6. The van der Waals surface area contributed by atoms with Crippen molar-refractivity contribution < 1.29 is 18.0 Å². The molecule has 9 heteroatoms. The Kier molecular flexibility index (Phi) is 10.1. The van der Waals surface area contributed by atoms with Gasteiger partial charge in [0.05, 0.1) is 10.6 Å². The van der Waals surface area contributed by atoms with Gasteiger partial charge in [0.2, 0.25) is 11.8 Å². The van der Waals surface area contributed by atoms with Crippen LogP contribution in [0.4, 0.5) is 5.69 Å². The first-order valence-electron chi connectivity index (χ1n) is 14.0. The summed E-state index contributed by atoms with van der Waals surface area (Å²) in [5, 5.41) is 3.53. The maximum atomic E-state index is 14.1. The molecule has 1 atom stereocenters. The number of benzene rings is 3. The van der Waals surface area contributed by atoms with Crippen LogP contribution in [0, 0.1) is 13.8 Å². The molecule has 0 unspecified atom stereocenters. The first-order valence-corrected chi connectivity index (χ1v) is 15.9. The Bertz CT molecular complexity index is 1440. The molecule has 0 spiro atoms. The summed E-state index contributed by atoms with van der Waals surface area (Å²) in [5.74, 6) is -0.713. The van der Waals surface area contributed by atoms with E-state index in [-0.39, 0.29) is 23.4 Å². The van der Waals surface area contributed by atoms with Crippen LogP contribution in [0.2, 0.25) is 5.02 Å². The molecule has 3 aromatic rings. The topological polar surface area (TPSA) is 86.8 Å². The molecule has 3 aromatic carbocycles. The standard InChI is InChI=1S/C32H38ClN3O4S/c1-23-9-13-26(14-10-23)21-35(25(3)32(38)34-28-7-5-4-6-8-28)31(37)22-36(29-17-11-24(2)12-18-29)41(39,40)30-19-15-27(33)16-20-30/h9-20,25,28H,4-8,21-22H2,1-3H3,(H,34,38)/t25-/m1/s1. The molecule has 1 aliphatic carbocycles. The van der Waals surface area contributed by atoms with Gasteiger partial charge in [0.15, 0.2) is 0 Å². The number of nitrogens with zero attached hydrogens (tertiary/aromatic N) is 2. The van der Waals surface area contributed by atoms with Crippen molar-refractivity contribution >= 4 is 39.1 Å². The van der Waals surface area contributed by atoms with Crippen LogP contribution in [0.15, 0.2) is 77.7 Å². The molecule has 0 bridgehead atoms. The van der Waals surface area contributed by atoms with Crippen molar-refractivity contribution in [1.82, 2.24) is 10.2 Å². The van der Waals surface area contributed by atoms with E-state index in [1.54, 1.807) is 31.2 Å². The zero-order chi connectivity index (χ0) is 29.6. The number of carbonyl (C=O) groups is 2. The van der Waals surface area contributed by atoms with Gasteiger partial charge in [0, 0.05) is 17.6 Å². The Balaban J connectivity index is 1.66. The maximum absolute atomic E-state index is 14.1. The zero-order valence-electron chi connectivity index (χ0n) is 23.8. The number of amides is 2. The minimum atomic E-state index is -4.13. The van der Waals surface area contributed by atoms with Gasteiger partial charge in [0.1, 0.15) is 12.6 Å². The normalized spacial score (nSPS) is 14.7. The van der Waals surface area contributed by atoms with Crippen LogP contribution in [-0.2, 0) is 26.2 Å². The lowest BCUT2D eigenvalue weighted by Crippen LogP contribution is -2.53. The van der Waals surface area contributed by atoms with Gasteiger partial charge in [-0.1, -0.05) is 78.4 Å². The van der Waals surface area contributed by atoms with E-state index in [0.717, 1.165) is 53.1 Å². The van der Waals surface area contributed by atoms with Crippen molar-refractivity contribution in [3.63, 3.8) is 0 Å². The molecule has 1 N–H and O–H groups in total. The van der Waals surface area contributed by atoms with Crippen molar-refractivity contribution in [3.05, 3.63) is 94.5 Å². The van der Waals surface area contributed by atoms with Crippen molar-refractivity contribution in [2.45, 2.75) is 76.4 Å². The van der Waals surface area contributed by atoms with Crippen molar-refractivity contribution in [2.75, 3.05) is 10.8 Å². The SMILES string of the molecule is Cc1ccc(CN(C(=O)CN(c2ccc(C)cc2)S(=O)(=O)c2ccc(Cl)cc2)[C@H](C)C(=O)NC2CCCCC2)cc1. The Morgan fingerprint density at radius 3 is 2.02 bits per heavy atom. The van der Waals surface area contributed by atoms with Crippen molar-refractivity contribution in [2.24, 2.45) is 0 Å². The third-order valence-corrected chi connectivity index (χ3v) is 9.63. The van der Waals surface area contributed by atoms with E-state index in [4.69, 9.17) is 11.6 Å². The second-order valence-electron chi connectivity index (χ2n) is 10.8. The fraction of sp³-hybridized carbons (Fsp3) is 0.375. The lowest BCUT2D eigenvalue weighted by Gasteiger charge is -2.33. The monoisotopic (exact) mass is 595 g/mol. The maximum Gasteiger partial charge on any atom is 0.264 e. The molecule has 1 aliphatic rings. The highest BCUT2D eigenvalue weighted by molar-refractivity contribution is 7.92. The van der Waals surface area contributed by atoms with Gasteiger partial charge in [0.25, 0.3) is 10.0 Å². The number of aryl methyl sites for hydroxylation is 2. The molecular formula is C32H38ClN3O4S. The van der Waals surface area contributed by atoms with E-state index >= 15 is 0 Å². The van der Waals surface area contributed by atoms with E-state index in [1.165, 1.54) is 29.2 Å². The van der Waals surface area contributed by atoms with Gasteiger partial charge >= 0.3 is 0 Å². The summed E-state index contributed by atoms with van der Waals surface area (Å²) in [7, 11) is -4.13. The highest BCUT2D eigenvalue weighted by Gasteiger charge is 2.33. The molecule has 218 valence electrons. The van der Waals surface area contributed by atoms with Crippen LogP contribution in [0.25, 0.3) is 0 Å². The van der Waals surface area contributed by atoms with Gasteiger partial charge in [-0.3, -0.25) is 13.9 Å². The van der Waals surface area contributed by atoms with Crippen molar-refractivity contribution in [1.29, 1.82) is 0 Å². The average Bonchev–Trinajstić information content (AvgIpc) is 2.96. The summed E-state index contributed by atoms with van der Waals surface area (Å²) in [5.41, 5.74) is 3.24. The van der Waals surface area contributed by atoms with Crippen LogP contribution in [0.5, 0.6) is 0 Å². The molecule has 41 heavy (non-hydrogen) atoms. The van der Waals surface area contributed by atoms with E-state index < -0.39 is 28.5 Å². The minimum Gasteiger partial charge on any atom is -0.352 e. The van der Waals surface area contributed by atoms with E-state index in [9.17, 15) is 18.0 Å². The van der Waals surface area contributed by atoms with Gasteiger partial charge in [-0.05, 0) is 75.6 Å². The van der Waals surface area contributed by atoms with Crippen molar-refractivity contribution in [3.8, 4) is 0 Å². The molecule has 0 heterocycles. The second-order valence-corrected chi connectivity index (χ2v) is 13.1. The van der Waals surface area contributed by atoms with E-state index in [2.05, 4.69) is 5.32 Å². The minimum absolute atomic E-state index is 0.0171. The second kappa shape index (κ2) is 13.5. The summed E-state index contributed by atoms with van der Waals surface area (Å²) in [6.45, 7) is 5.28. The Labute approximate surface area is 248 Å². The van der Waals surface area contributed by atoms with Crippen LogP contribution in [0.3, 0.4) is 0 Å². The summed E-state index contributed by atoms with van der Waals surface area (Å²) in [4.78, 5) is 28.9. The van der Waals surface area contributed by atoms with Crippen LogP contribution >= 0.6 is 11.6 Å². The summed E-state index contributed by atoms with van der Waals surface area (Å²) in [6.07, 6.45) is 5.14. The number of rotatable bonds is 10. The molecule has 0 aliphatic heterocycles. The number of anilines is 1. The predicted molar refractivity (Wildman–Crippen MR) is 163 cm³/mol. The number of carbonyl (C=O) groups excluding carboxylic acids is 2. The molecule has 0 saturated heterocycles. The number of hydrogen-bond donors (Lipinski definition) is 1. The number of nitrogens with one attached hydrogen (secondary N) is 1. The lowest BCUT2D eigenvalue weighted by atomic mass is 9.95. The fourth-order valence-electron chi connectivity index (χ4n) is 5.02. The third-order valence-electron chi connectivity index (χ3n) is 7.59. The Hall–Kier alpha value is -3.36. The van der Waals surface area contributed by atoms with Crippen LogP contribution < -0.4 is 9.62 Å². The molecule has 2 amide bonds. The third kappa shape index (κ3) is 7.89. The lowest BCUT2D eigenvalue weighted by molar-refractivity contribution is -0.139. The van der Waals surface area contributed by atoms with E-state index in [0.29, 0.717) is 10.7 Å². The molecule has 7 nitrogen and oxygen atoms in total. The largest absolute Gasteiger partial charge is 0.352 e. The predicted octanol–water partition coefficient (Wildman–Crippen LogP) is 6.02. The number of sulfonamides is 1. The highest BCUT2D eigenvalue weighted by atomic mass is 35.5. The van der Waals surface area contributed by atoms with Crippen LogP contribution in [-0.4, -0.2) is 43.8 Å². The quantitative estimate of drug-likeness (QED) is 0.311. The van der Waals surface area contributed by atoms with Gasteiger partial charge in [-0.25, -0.2) is 8.42 Å². The number of halogens is 1. The Morgan fingerprint density at radius 2 is 1.44 bits per heavy atom. The van der Waals surface area contributed by atoms with Crippen LogP contribution in [0.1, 0.15) is 55.7 Å². The highest BCUT2D eigenvalue weighted by Crippen LogP contribution is 2.26. The average molecular weight is 596 g/mol. The molecule has 1 fully saturated rings. The summed E-state index contributed by atoms with van der Waals surface area (Å²) < 4.78 is 28.9. The first-order chi connectivity index (χ1) is 19.5. The molecule has 0 aromatic heterocycles. The molecule has 4 rings (SSSR count). The summed E-state index contributed by atoms with van der Waals surface area (Å²) in [6, 6.07) is 19.9. The Morgan fingerprint density at radius 1 is 0.878 bits per heavy atom. The zero-order valence-corrected chi connectivity index (χ0v) is 25.4. The van der Waals surface area contributed by atoms with Gasteiger partial charge < -0.3 is 10.2 Å². The van der Waals surface area contributed by atoms with E-state index in [1.807, 2.05) is 38.1 Å².